The minimum Gasteiger partial charge on any atom is -0.344 e. The van der Waals surface area contributed by atoms with E-state index < -0.39 is 20.8 Å². The molecule has 0 unspecified atom stereocenters. The quantitative estimate of drug-likeness (QED) is 0.271. The Bertz CT molecular complexity index is 217. The van der Waals surface area contributed by atoms with Crippen molar-refractivity contribution >= 4 is 20.8 Å². The van der Waals surface area contributed by atoms with Gasteiger partial charge in [-0.25, -0.2) is 0 Å². The molecule has 0 radical (unpaired) electrons. The van der Waals surface area contributed by atoms with Crippen molar-refractivity contribution in [2.75, 3.05) is 0 Å². The van der Waals surface area contributed by atoms with Crippen LogP contribution in [-0.2, 0) is 54.9 Å². The Morgan fingerprint density at radius 2 is 0.615 bits per heavy atom. The molecule has 0 fully saturated rings. The SMILES string of the molecule is N.O=S(=O)(O)O.O=S(=O)(O)O.[Fe].[Fe]. The summed E-state index contributed by atoms with van der Waals surface area (Å²) in [7, 11) is -9.33. The smallest absolute Gasteiger partial charge is 0.344 e. The van der Waals surface area contributed by atoms with Gasteiger partial charge in [0.25, 0.3) is 0 Å². The van der Waals surface area contributed by atoms with Crippen LogP contribution in [0.25, 0.3) is 0 Å². The fourth-order valence-corrected chi connectivity index (χ4v) is 0. The summed E-state index contributed by atoms with van der Waals surface area (Å²) in [5, 5.41) is 0. The van der Waals surface area contributed by atoms with Crippen LogP contribution in [-0.4, -0.2) is 35.0 Å². The molecule has 0 aromatic carbocycles. The summed E-state index contributed by atoms with van der Waals surface area (Å²) in [4.78, 5) is 0. The zero-order valence-electron chi connectivity index (χ0n) is 5.65. The first-order valence-corrected chi connectivity index (χ1v) is 4.19. The molecule has 0 aliphatic heterocycles. The molecule has 0 rings (SSSR count). The molecule has 0 saturated heterocycles. The fourth-order valence-electron chi connectivity index (χ4n) is 0. The molecule has 0 aliphatic carbocycles. The minimum absolute atomic E-state index is 0. The van der Waals surface area contributed by atoms with Crippen molar-refractivity contribution in [3.05, 3.63) is 0 Å². The third kappa shape index (κ3) is 2690. The van der Waals surface area contributed by atoms with E-state index in [2.05, 4.69) is 0 Å². The molecular weight excluding hydrogens is 318 g/mol. The van der Waals surface area contributed by atoms with E-state index in [9.17, 15) is 0 Å². The van der Waals surface area contributed by atoms with Crippen LogP contribution in [0.3, 0.4) is 0 Å². The molecule has 0 aromatic heterocycles. The van der Waals surface area contributed by atoms with Gasteiger partial charge in [-0.05, 0) is 0 Å². The molecule has 13 heteroatoms. The molecule has 0 spiro atoms. The Kier molecular flexibility index (Phi) is 24.3. The van der Waals surface area contributed by atoms with Crippen LogP contribution in [0.15, 0.2) is 0 Å². The average Bonchev–Trinajstić information content (AvgIpc) is 1.12. The summed E-state index contributed by atoms with van der Waals surface area (Å²) in [5.41, 5.74) is 0. The number of rotatable bonds is 0. The second kappa shape index (κ2) is 10.8. The van der Waals surface area contributed by atoms with Gasteiger partial charge < -0.3 is 6.15 Å². The van der Waals surface area contributed by atoms with Gasteiger partial charge in [0.1, 0.15) is 0 Å². The first kappa shape index (κ1) is 29.2. The summed E-state index contributed by atoms with van der Waals surface area (Å²) in [5.74, 6) is 0. The summed E-state index contributed by atoms with van der Waals surface area (Å²) in [6.45, 7) is 0. The van der Waals surface area contributed by atoms with Crippen LogP contribution < -0.4 is 6.15 Å². The van der Waals surface area contributed by atoms with Gasteiger partial charge in [0.2, 0.25) is 0 Å². The van der Waals surface area contributed by atoms with Crippen molar-refractivity contribution in [1.82, 2.24) is 6.15 Å². The van der Waals surface area contributed by atoms with Crippen LogP contribution in [0.5, 0.6) is 0 Å². The third-order valence-electron chi connectivity index (χ3n) is 0. The van der Waals surface area contributed by atoms with E-state index in [0.29, 0.717) is 0 Å². The van der Waals surface area contributed by atoms with Crippen LogP contribution in [0.2, 0.25) is 0 Å². The zero-order valence-corrected chi connectivity index (χ0v) is 9.49. The van der Waals surface area contributed by atoms with Crippen LogP contribution in [0.1, 0.15) is 0 Å². The number of hydrogen-bond acceptors (Lipinski definition) is 5. The molecule has 13 heavy (non-hydrogen) atoms. The van der Waals surface area contributed by atoms with Crippen molar-refractivity contribution in [3.8, 4) is 0 Å². The average molecular weight is 325 g/mol. The standard InChI is InChI=1S/2Fe.H3N.2H2O4S/c;;;2*1-5(2,3)4/h;;1H3;2*(H2,1,2,3,4). The largest absolute Gasteiger partial charge is 0.394 e. The van der Waals surface area contributed by atoms with Gasteiger partial charge in [0, 0.05) is 34.1 Å². The molecular formula is H7Fe2NO8S2. The van der Waals surface area contributed by atoms with Gasteiger partial charge in [-0.3, -0.25) is 18.2 Å². The molecule has 9 nitrogen and oxygen atoms in total. The molecule has 7 N–H and O–H groups in total. The van der Waals surface area contributed by atoms with E-state index in [0.717, 1.165) is 0 Å². The van der Waals surface area contributed by atoms with E-state index in [-0.39, 0.29) is 40.3 Å². The number of hydrogen-bond donors (Lipinski definition) is 5. The molecule has 88 valence electrons. The monoisotopic (exact) mass is 325 g/mol. The summed E-state index contributed by atoms with van der Waals surface area (Å²) >= 11 is 0. The van der Waals surface area contributed by atoms with Gasteiger partial charge in [-0.1, -0.05) is 0 Å². The minimum atomic E-state index is -4.67. The van der Waals surface area contributed by atoms with E-state index in [1.54, 1.807) is 0 Å². The first-order chi connectivity index (χ1) is 4.00. The van der Waals surface area contributed by atoms with Crippen molar-refractivity contribution in [2.45, 2.75) is 0 Å². The molecule has 0 heterocycles. The molecule has 0 aromatic rings. The predicted molar refractivity (Wildman–Crippen MR) is 33.4 cm³/mol. The van der Waals surface area contributed by atoms with Crippen LogP contribution in [0.4, 0.5) is 0 Å². The summed E-state index contributed by atoms with van der Waals surface area (Å²) < 4.78 is 63.2. The normalized spacial score (nSPS) is 8.92. The van der Waals surface area contributed by atoms with Gasteiger partial charge in [0.15, 0.2) is 0 Å². The second-order valence-electron chi connectivity index (χ2n) is 0.896. The van der Waals surface area contributed by atoms with Crippen molar-refractivity contribution < 1.29 is 69.2 Å². The van der Waals surface area contributed by atoms with Crippen molar-refractivity contribution in [1.29, 1.82) is 0 Å². The zero-order chi connectivity index (χ0) is 9.00. The van der Waals surface area contributed by atoms with Crippen molar-refractivity contribution in [2.24, 2.45) is 0 Å². The van der Waals surface area contributed by atoms with Crippen LogP contribution in [0, 0.1) is 0 Å². The molecule has 0 atom stereocenters. The summed E-state index contributed by atoms with van der Waals surface area (Å²) in [6, 6.07) is 0. The third-order valence-corrected chi connectivity index (χ3v) is 0. The molecule has 0 amide bonds. The molecule has 0 saturated carbocycles. The molecule has 0 bridgehead atoms. The van der Waals surface area contributed by atoms with Gasteiger partial charge in [-0.15, -0.1) is 0 Å². The van der Waals surface area contributed by atoms with Gasteiger partial charge in [-0.2, -0.15) is 16.8 Å². The Morgan fingerprint density at radius 1 is 0.615 bits per heavy atom. The maximum atomic E-state index is 8.74. The van der Waals surface area contributed by atoms with E-state index in [1.807, 2.05) is 0 Å². The maximum absolute atomic E-state index is 8.74. The predicted octanol–water partition coefficient (Wildman–Crippen LogP) is -1.15. The fraction of sp³-hybridized carbons (Fsp3) is 0. The Balaban J connectivity index is -0.0000000267. The Labute approximate surface area is 96.0 Å². The van der Waals surface area contributed by atoms with Crippen molar-refractivity contribution in [3.63, 3.8) is 0 Å². The van der Waals surface area contributed by atoms with E-state index in [4.69, 9.17) is 35.0 Å². The molecule has 0 aliphatic rings. The first-order valence-electron chi connectivity index (χ1n) is 1.40. The Hall–Kier alpha value is 0.739. The van der Waals surface area contributed by atoms with E-state index in [1.165, 1.54) is 0 Å². The second-order valence-corrected chi connectivity index (χ2v) is 2.69. The van der Waals surface area contributed by atoms with Crippen LogP contribution >= 0.6 is 0 Å². The van der Waals surface area contributed by atoms with E-state index >= 15 is 0 Å². The topological polar surface area (TPSA) is 184 Å². The summed E-state index contributed by atoms with van der Waals surface area (Å²) in [6.07, 6.45) is 0. The van der Waals surface area contributed by atoms with Gasteiger partial charge >= 0.3 is 20.8 Å². The maximum Gasteiger partial charge on any atom is 0.394 e. The van der Waals surface area contributed by atoms with Gasteiger partial charge in [0.05, 0.1) is 0 Å². The Morgan fingerprint density at radius 3 is 0.615 bits per heavy atom.